The highest BCUT2D eigenvalue weighted by Crippen LogP contribution is 2.23. The first-order chi connectivity index (χ1) is 20.8. The lowest BCUT2D eigenvalue weighted by Gasteiger charge is -2.29. The molecule has 0 radical (unpaired) electrons. The van der Waals surface area contributed by atoms with Crippen molar-refractivity contribution in [2.24, 2.45) is 11.3 Å². The molecule has 44 heavy (non-hydrogen) atoms. The van der Waals surface area contributed by atoms with Crippen molar-refractivity contribution in [3.8, 4) is 0 Å². The van der Waals surface area contributed by atoms with Gasteiger partial charge in [-0.2, -0.15) is 0 Å². The van der Waals surface area contributed by atoms with Gasteiger partial charge < -0.3 is 14.8 Å². The van der Waals surface area contributed by atoms with Gasteiger partial charge in [-0.15, -0.1) is 0 Å². The van der Waals surface area contributed by atoms with Gasteiger partial charge >= 0.3 is 12.1 Å². The summed E-state index contributed by atoms with van der Waals surface area (Å²) in [6.07, 6.45) is 23.1. The Balaban J connectivity index is 1.90. The van der Waals surface area contributed by atoms with E-state index in [0.717, 1.165) is 5.57 Å². The number of aromatic nitrogens is 2. The van der Waals surface area contributed by atoms with Crippen LogP contribution >= 0.6 is 0 Å². The predicted octanol–water partition coefficient (Wildman–Crippen LogP) is 6.60. The molecule has 9 nitrogen and oxygen atoms in total. The van der Waals surface area contributed by atoms with Crippen molar-refractivity contribution >= 4 is 23.8 Å². The van der Waals surface area contributed by atoms with E-state index in [1.165, 1.54) is 29.4 Å². The lowest BCUT2D eigenvalue weighted by atomic mass is 9.83. The topological polar surface area (TPSA) is 117 Å². The molecule has 0 saturated carbocycles. The van der Waals surface area contributed by atoms with Gasteiger partial charge in [0, 0.05) is 55.6 Å². The number of carbonyl (C=O) groups is 4. The number of hydrogen-bond donors (Lipinski definition) is 1. The van der Waals surface area contributed by atoms with Gasteiger partial charge in [-0.05, 0) is 26.2 Å². The number of allylic oxidation sites excluding steroid dienone is 6. The average Bonchev–Trinajstić information content (AvgIpc) is 3.51. The molecule has 0 unspecified atom stereocenters. The van der Waals surface area contributed by atoms with E-state index in [1.54, 1.807) is 25.2 Å². The third kappa shape index (κ3) is 12.5. The molecule has 0 fully saturated rings. The van der Waals surface area contributed by atoms with E-state index in [0.29, 0.717) is 24.8 Å². The zero-order valence-corrected chi connectivity index (χ0v) is 27.0. The summed E-state index contributed by atoms with van der Waals surface area (Å²) in [5.41, 5.74) is 1.12. The monoisotopic (exact) mass is 605 g/mol. The molecule has 2 rings (SSSR count). The van der Waals surface area contributed by atoms with Crippen LogP contribution < -0.4 is 5.32 Å². The summed E-state index contributed by atoms with van der Waals surface area (Å²) in [4.78, 5) is 53.8. The number of imidazole rings is 1. The Morgan fingerprint density at radius 3 is 2.50 bits per heavy atom. The number of esters is 1. The molecule has 0 saturated heterocycles. The predicted molar refractivity (Wildman–Crippen MR) is 172 cm³/mol. The molecule has 0 aliphatic carbocycles. The van der Waals surface area contributed by atoms with E-state index in [4.69, 9.17) is 9.47 Å². The minimum atomic E-state index is -0.690. The number of nitrogens with zero attached hydrogens (tertiary/aromatic N) is 2. The number of cyclic esters (lactones) is 1. The molecular formula is C35H47N3O6. The molecule has 0 bridgehead atoms. The summed E-state index contributed by atoms with van der Waals surface area (Å²) in [7, 11) is 0. The van der Waals surface area contributed by atoms with Gasteiger partial charge in [-0.3, -0.25) is 9.59 Å². The van der Waals surface area contributed by atoms with Gasteiger partial charge in [0.1, 0.15) is 18.5 Å². The molecule has 0 aromatic carbocycles. The van der Waals surface area contributed by atoms with Crippen molar-refractivity contribution in [2.75, 3.05) is 0 Å². The molecule has 1 aliphatic heterocycles. The van der Waals surface area contributed by atoms with Crippen LogP contribution in [0.2, 0.25) is 0 Å². The van der Waals surface area contributed by atoms with E-state index < -0.39 is 23.7 Å². The molecule has 4 atom stereocenters. The number of ether oxygens (including phenoxy) is 2. The number of carbonyl (C=O) groups excluding carboxylic acids is 4. The van der Waals surface area contributed by atoms with Crippen LogP contribution in [0.1, 0.15) is 74.1 Å². The summed E-state index contributed by atoms with van der Waals surface area (Å²) in [6, 6.07) is -0.690. The highest BCUT2D eigenvalue weighted by Gasteiger charge is 2.31. The molecule has 2 heterocycles. The summed E-state index contributed by atoms with van der Waals surface area (Å²) in [5.74, 6) is -0.710. The number of nitrogens with one attached hydrogen (secondary N) is 1. The van der Waals surface area contributed by atoms with Crippen LogP contribution in [0.25, 0.3) is 0 Å². The molecule has 1 aromatic heterocycles. The smallest absolute Gasteiger partial charge is 0.419 e. The Morgan fingerprint density at radius 2 is 1.86 bits per heavy atom. The normalized spacial score (nSPS) is 18.4. The lowest BCUT2D eigenvalue weighted by molar-refractivity contribution is -0.147. The molecule has 1 N–H and O–H groups in total. The van der Waals surface area contributed by atoms with Crippen molar-refractivity contribution in [3.63, 3.8) is 0 Å². The highest BCUT2D eigenvalue weighted by molar-refractivity contribution is 5.94. The summed E-state index contributed by atoms with van der Waals surface area (Å²) in [5, 5.41) is 2.85. The zero-order chi connectivity index (χ0) is 32.7. The van der Waals surface area contributed by atoms with Crippen molar-refractivity contribution in [1.82, 2.24) is 14.9 Å². The second-order valence-electron chi connectivity index (χ2n) is 12.0. The first-order valence-electron chi connectivity index (χ1n) is 15.0. The van der Waals surface area contributed by atoms with Crippen molar-refractivity contribution < 1.29 is 28.7 Å². The number of Topliss-reactive ketones (excluding diaryl/α,β-unsaturated/α-hetero) is 1. The van der Waals surface area contributed by atoms with Gasteiger partial charge in [0.2, 0.25) is 5.91 Å². The molecule has 9 heteroatoms. The minimum Gasteiger partial charge on any atom is -0.458 e. The van der Waals surface area contributed by atoms with E-state index in [-0.39, 0.29) is 36.1 Å². The van der Waals surface area contributed by atoms with Gasteiger partial charge in [0.05, 0.1) is 6.04 Å². The largest absolute Gasteiger partial charge is 0.458 e. The fourth-order valence-electron chi connectivity index (χ4n) is 4.49. The Hall–Kier alpha value is -4.27. The van der Waals surface area contributed by atoms with Gasteiger partial charge in [-0.25, -0.2) is 19.1 Å². The van der Waals surface area contributed by atoms with Crippen LogP contribution in [0, 0.1) is 11.3 Å². The van der Waals surface area contributed by atoms with Crippen LogP contribution in [0.5, 0.6) is 0 Å². The molecule has 1 amide bonds. The summed E-state index contributed by atoms with van der Waals surface area (Å²) in [6.45, 7) is 13.3. The average molecular weight is 606 g/mol. The Labute approximate surface area is 261 Å². The van der Waals surface area contributed by atoms with E-state index >= 15 is 0 Å². The quantitative estimate of drug-likeness (QED) is 0.110. The summed E-state index contributed by atoms with van der Waals surface area (Å²) < 4.78 is 12.3. The third-order valence-electron chi connectivity index (χ3n) is 7.04. The first-order valence-corrected chi connectivity index (χ1v) is 15.0. The van der Waals surface area contributed by atoms with Gasteiger partial charge in [0.25, 0.3) is 0 Å². The Morgan fingerprint density at radius 1 is 1.16 bits per heavy atom. The second-order valence-corrected chi connectivity index (χ2v) is 12.0. The van der Waals surface area contributed by atoms with Crippen molar-refractivity contribution in [3.05, 3.63) is 90.6 Å². The molecular weight excluding hydrogens is 558 g/mol. The van der Waals surface area contributed by atoms with Crippen LogP contribution in [0.3, 0.4) is 0 Å². The third-order valence-corrected chi connectivity index (χ3v) is 7.04. The maximum atomic E-state index is 13.1. The zero-order valence-electron chi connectivity index (χ0n) is 27.0. The summed E-state index contributed by atoms with van der Waals surface area (Å²) >= 11 is 0. The highest BCUT2D eigenvalue weighted by atomic mass is 16.6. The fraction of sp³-hybridized carbons (Fsp3) is 0.457. The molecule has 0 spiro atoms. The van der Waals surface area contributed by atoms with Gasteiger partial charge in [0.15, 0.2) is 5.78 Å². The second kappa shape index (κ2) is 17.8. The van der Waals surface area contributed by atoms with Crippen molar-refractivity contribution in [1.29, 1.82) is 0 Å². The standard InChI is InChI=1S/C35H47N3O6/c1-8-9-15-28(43-34(42)38-22-21-36-24-38)16-11-12-17-29(39)32(35(5,6)7)37-31(40)18-13-10-14-25(2)23-27(4)30-20-19-26(3)33(41)44-30/h8-14,18-19,21-24,27-28,30,32H,15-17,20H2,1-7H3,(H,37,40)/b9-8-,12-11-,14-10-,18-13-,25-23+/t27-,28-,30-,32+/m0/s1. The SMILES string of the molecule is C/C=C\C[C@@H](C/C=C\CC(=O)[C@@H](NC(=O)\C=C/C=C\C(C)=C\[C@H](C)[C@@H]1CC=C(C)C(=O)O1)C(C)(C)C)OC(=O)n1ccnc1. The maximum Gasteiger partial charge on any atom is 0.419 e. The minimum absolute atomic E-state index is 0.0456. The first kappa shape index (κ1) is 35.9. The fourth-order valence-corrected chi connectivity index (χ4v) is 4.49. The Bertz CT molecular complexity index is 1310. The Kier molecular flexibility index (Phi) is 14.5. The van der Waals surface area contributed by atoms with E-state index in [1.807, 2.05) is 78.0 Å². The number of ketones is 1. The van der Waals surface area contributed by atoms with E-state index in [2.05, 4.69) is 10.3 Å². The number of amides is 1. The van der Waals surface area contributed by atoms with Crippen molar-refractivity contribution in [2.45, 2.75) is 92.4 Å². The van der Waals surface area contributed by atoms with Crippen LogP contribution in [0.15, 0.2) is 90.6 Å². The molecule has 1 aliphatic rings. The van der Waals surface area contributed by atoms with E-state index in [9.17, 15) is 19.2 Å². The molecule has 238 valence electrons. The van der Waals surface area contributed by atoms with Crippen LogP contribution in [-0.2, 0) is 23.9 Å². The maximum absolute atomic E-state index is 13.1. The van der Waals surface area contributed by atoms with Crippen LogP contribution in [0.4, 0.5) is 4.79 Å². The lowest BCUT2D eigenvalue weighted by Crippen LogP contribution is -2.48. The number of hydrogen-bond acceptors (Lipinski definition) is 7. The number of rotatable bonds is 14. The molecule has 1 aromatic rings. The van der Waals surface area contributed by atoms with Gasteiger partial charge in [-0.1, -0.05) is 88.0 Å². The van der Waals surface area contributed by atoms with Crippen LogP contribution in [-0.4, -0.2) is 51.6 Å².